The van der Waals surface area contributed by atoms with Crippen LogP contribution in [0.4, 0.5) is 5.69 Å². The summed E-state index contributed by atoms with van der Waals surface area (Å²) in [7, 11) is 1.71. The van der Waals surface area contributed by atoms with Gasteiger partial charge in [-0.25, -0.2) is 0 Å². The van der Waals surface area contributed by atoms with E-state index in [2.05, 4.69) is 96.1 Å². The van der Waals surface area contributed by atoms with Gasteiger partial charge in [-0.1, -0.05) is 43.0 Å². The highest BCUT2D eigenvalue weighted by Crippen LogP contribution is 2.45. The van der Waals surface area contributed by atoms with E-state index in [0.29, 0.717) is 0 Å². The quantitative estimate of drug-likeness (QED) is 0.297. The number of hydrogen-bond acceptors (Lipinski definition) is 4. The number of likely N-dealkylation sites (tertiary alicyclic amines) is 1. The van der Waals surface area contributed by atoms with Crippen LogP contribution in [0.15, 0.2) is 96.8 Å². The lowest BCUT2D eigenvalue weighted by Crippen LogP contribution is -2.34. The third-order valence-corrected chi connectivity index (χ3v) is 8.51. The van der Waals surface area contributed by atoms with Crippen molar-refractivity contribution in [1.29, 1.82) is 0 Å². The molecular weight excluding hydrogens is 480 g/mol. The zero-order chi connectivity index (χ0) is 26.8. The van der Waals surface area contributed by atoms with E-state index in [9.17, 15) is 0 Å². The summed E-state index contributed by atoms with van der Waals surface area (Å²) in [4.78, 5) is 4.93. The fourth-order valence-corrected chi connectivity index (χ4v) is 6.20. The highest BCUT2D eigenvalue weighted by molar-refractivity contribution is 5.95. The lowest BCUT2D eigenvalue weighted by molar-refractivity contribution is 0.160. The number of allylic oxidation sites excluding steroid dienone is 3. The Hall–Kier alpha value is -3.92. The van der Waals surface area contributed by atoms with E-state index >= 15 is 0 Å². The van der Waals surface area contributed by atoms with Crippen LogP contribution in [0.2, 0.25) is 0 Å². The van der Waals surface area contributed by atoms with Crippen LogP contribution in [0, 0.1) is 0 Å². The zero-order valence-electron chi connectivity index (χ0n) is 23.2. The summed E-state index contributed by atoms with van der Waals surface area (Å²) in [5, 5.41) is 2.28. The monoisotopic (exact) mass is 518 g/mol. The Balaban J connectivity index is 1.45. The maximum absolute atomic E-state index is 7.04. The van der Waals surface area contributed by atoms with Gasteiger partial charge in [-0.3, -0.25) is 0 Å². The van der Waals surface area contributed by atoms with Crippen LogP contribution in [-0.4, -0.2) is 38.2 Å². The van der Waals surface area contributed by atoms with Gasteiger partial charge < -0.3 is 19.3 Å². The molecule has 0 aromatic heterocycles. The molecule has 0 radical (unpaired) electrons. The Morgan fingerprint density at radius 3 is 2.36 bits per heavy atom. The summed E-state index contributed by atoms with van der Waals surface area (Å²) in [6.45, 7) is 11.0. The van der Waals surface area contributed by atoms with E-state index in [0.717, 1.165) is 65.2 Å². The molecule has 1 unspecified atom stereocenters. The number of methoxy groups -OCH3 is 1. The molecule has 4 nitrogen and oxygen atoms in total. The van der Waals surface area contributed by atoms with Crippen molar-refractivity contribution in [1.82, 2.24) is 4.90 Å². The number of hydrogen-bond donors (Lipinski definition) is 0. The largest absolute Gasteiger partial charge is 0.497 e. The first-order chi connectivity index (χ1) is 19.1. The molecule has 3 aromatic rings. The number of ether oxygens (including phenoxy) is 2. The van der Waals surface area contributed by atoms with Crippen LogP contribution in [0.25, 0.3) is 16.8 Å². The Bertz CT molecular complexity index is 1450. The van der Waals surface area contributed by atoms with E-state index in [-0.39, 0.29) is 0 Å². The summed E-state index contributed by atoms with van der Waals surface area (Å²) in [6, 6.07) is 19.3. The van der Waals surface area contributed by atoms with Gasteiger partial charge in [0.15, 0.2) is 5.60 Å². The molecule has 3 aliphatic heterocycles. The Kier molecular flexibility index (Phi) is 6.95. The number of benzene rings is 3. The smallest absolute Gasteiger partial charge is 0.178 e. The molecule has 0 amide bonds. The van der Waals surface area contributed by atoms with Crippen LogP contribution < -0.4 is 14.4 Å². The minimum atomic E-state index is -0.785. The number of rotatable bonds is 7. The van der Waals surface area contributed by atoms with Gasteiger partial charge in [0.2, 0.25) is 0 Å². The lowest BCUT2D eigenvalue weighted by Gasteiger charge is -2.37. The SMILES string of the molecule is C=C/C(=C\C=C(/C)N1CCCC1)C1(c2ccc(N3CCCC3)cc2)C=Cc2c(ccc3ccc(OC)cc23)O1. The first-order valence-corrected chi connectivity index (χ1v) is 14.2. The Morgan fingerprint density at radius 2 is 1.64 bits per heavy atom. The van der Waals surface area contributed by atoms with E-state index in [1.165, 1.54) is 37.1 Å². The molecule has 200 valence electrons. The lowest BCUT2D eigenvalue weighted by atomic mass is 9.82. The van der Waals surface area contributed by atoms with Crippen molar-refractivity contribution in [3.8, 4) is 11.5 Å². The van der Waals surface area contributed by atoms with E-state index < -0.39 is 5.60 Å². The average Bonchev–Trinajstić information content (AvgIpc) is 3.72. The van der Waals surface area contributed by atoms with Crippen LogP contribution in [0.3, 0.4) is 0 Å². The van der Waals surface area contributed by atoms with Crippen molar-refractivity contribution < 1.29 is 9.47 Å². The minimum Gasteiger partial charge on any atom is -0.497 e. The second-order valence-corrected chi connectivity index (χ2v) is 10.8. The molecule has 2 fully saturated rings. The molecule has 0 bridgehead atoms. The van der Waals surface area contributed by atoms with Gasteiger partial charge in [-0.15, -0.1) is 0 Å². The Morgan fingerprint density at radius 1 is 0.923 bits per heavy atom. The van der Waals surface area contributed by atoms with Crippen molar-refractivity contribution >= 4 is 22.5 Å². The highest BCUT2D eigenvalue weighted by Gasteiger charge is 2.38. The highest BCUT2D eigenvalue weighted by atomic mass is 16.5. The van der Waals surface area contributed by atoms with Crippen LogP contribution >= 0.6 is 0 Å². The number of fused-ring (bicyclic) bond motifs is 3. The molecule has 2 saturated heterocycles. The summed E-state index contributed by atoms with van der Waals surface area (Å²) in [5.74, 6) is 1.70. The molecule has 0 N–H and O–H groups in total. The van der Waals surface area contributed by atoms with Crippen molar-refractivity contribution in [2.45, 2.75) is 38.2 Å². The Labute approximate surface area is 232 Å². The van der Waals surface area contributed by atoms with Gasteiger partial charge in [0.05, 0.1) is 7.11 Å². The summed E-state index contributed by atoms with van der Waals surface area (Å²) in [5.41, 5.74) is 4.96. The molecule has 6 rings (SSSR count). The molecule has 4 heteroatoms. The maximum Gasteiger partial charge on any atom is 0.178 e. The molecule has 3 aromatic carbocycles. The third kappa shape index (κ3) is 4.73. The van der Waals surface area contributed by atoms with Gasteiger partial charge in [0, 0.05) is 54.3 Å². The first kappa shape index (κ1) is 25.4. The van der Waals surface area contributed by atoms with Gasteiger partial charge in [-0.05, 0) is 91.9 Å². The molecule has 1 atom stereocenters. The van der Waals surface area contributed by atoms with Gasteiger partial charge in [0.1, 0.15) is 11.5 Å². The maximum atomic E-state index is 7.04. The molecule has 0 spiro atoms. The van der Waals surface area contributed by atoms with Gasteiger partial charge >= 0.3 is 0 Å². The second kappa shape index (κ2) is 10.7. The van der Waals surface area contributed by atoms with E-state index in [1.807, 2.05) is 12.1 Å². The summed E-state index contributed by atoms with van der Waals surface area (Å²) in [6.07, 6.45) is 15.8. The predicted molar refractivity (Wildman–Crippen MR) is 163 cm³/mol. The fraction of sp³-hybridized carbons (Fsp3) is 0.314. The molecule has 3 aliphatic rings. The molecule has 0 aliphatic carbocycles. The van der Waals surface area contributed by atoms with Gasteiger partial charge in [-0.2, -0.15) is 0 Å². The van der Waals surface area contributed by atoms with E-state index in [1.54, 1.807) is 7.11 Å². The van der Waals surface area contributed by atoms with Gasteiger partial charge in [0.25, 0.3) is 0 Å². The second-order valence-electron chi connectivity index (χ2n) is 10.8. The van der Waals surface area contributed by atoms with Crippen LogP contribution in [0.1, 0.15) is 43.7 Å². The topological polar surface area (TPSA) is 24.9 Å². The van der Waals surface area contributed by atoms with E-state index in [4.69, 9.17) is 9.47 Å². The standard InChI is InChI=1S/C35H38N2O2/c1-4-28(12-9-26(2)36-21-5-6-22-36)35(29-13-15-30(16-14-29)37-23-7-8-24-37)20-19-32-33-25-31(38-3)17-10-27(33)11-18-34(32)39-35/h4,9-20,25H,1,5-8,21-24H2,2-3H3/b26-9+,28-12+. The zero-order valence-corrected chi connectivity index (χ0v) is 23.2. The number of anilines is 1. The first-order valence-electron chi connectivity index (χ1n) is 14.2. The van der Waals surface area contributed by atoms with Crippen molar-refractivity contribution in [3.63, 3.8) is 0 Å². The minimum absolute atomic E-state index is 0.785. The van der Waals surface area contributed by atoms with Crippen LogP contribution in [-0.2, 0) is 5.60 Å². The van der Waals surface area contributed by atoms with Crippen molar-refractivity contribution in [2.75, 3.05) is 38.2 Å². The third-order valence-electron chi connectivity index (χ3n) is 8.51. The molecule has 39 heavy (non-hydrogen) atoms. The number of nitrogens with zero attached hydrogens (tertiary/aromatic N) is 2. The normalized spacial score (nSPS) is 21.3. The predicted octanol–water partition coefficient (Wildman–Crippen LogP) is 7.86. The average molecular weight is 519 g/mol. The molecule has 0 saturated carbocycles. The fourth-order valence-electron chi connectivity index (χ4n) is 6.20. The summed E-state index contributed by atoms with van der Waals surface area (Å²) >= 11 is 0. The van der Waals surface area contributed by atoms with Crippen molar-refractivity contribution in [3.05, 3.63) is 108 Å². The molecule has 3 heterocycles. The summed E-state index contributed by atoms with van der Waals surface area (Å²) < 4.78 is 12.6. The molecular formula is C35H38N2O2. The van der Waals surface area contributed by atoms with Crippen molar-refractivity contribution in [2.24, 2.45) is 0 Å². The van der Waals surface area contributed by atoms with Crippen LogP contribution in [0.5, 0.6) is 11.5 Å².